The highest BCUT2D eigenvalue weighted by Crippen LogP contribution is 2.25. The molecular formula is C6H16NO9P. The van der Waals surface area contributed by atoms with Gasteiger partial charge in [0, 0.05) is 0 Å². The summed E-state index contributed by atoms with van der Waals surface area (Å²) in [5.41, 5.74) is 5.26. The van der Waals surface area contributed by atoms with Crippen LogP contribution in [0.3, 0.4) is 0 Å². The maximum absolute atomic E-state index is 9.20. The Kier molecular flexibility index (Phi) is 6.66. The molecule has 0 bridgehead atoms. The van der Waals surface area contributed by atoms with Gasteiger partial charge in [-0.3, -0.25) is 0 Å². The molecule has 1 aliphatic rings. The number of ether oxygens (including phenoxy) is 1. The Labute approximate surface area is 96.1 Å². The predicted octanol–water partition coefficient (Wildman–Crippen LogP) is -4.18. The first kappa shape index (κ1) is 16.9. The molecule has 0 radical (unpaired) electrons. The summed E-state index contributed by atoms with van der Waals surface area (Å²) >= 11 is 0. The molecule has 0 saturated carbocycles. The molecular weight excluding hydrogens is 261 g/mol. The number of aliphatic hydroxyl groups excluding tert-OH is 4. The highest BCUT2D eigenvalue weighted by atomic mass is 31.2. The third-order valence-electron chi connectivity index (χ3n) is 1.95. The van der Waals surface area contributed by atoms with E-state index in [1.165, 1.54) is 0 Å². The Morgan fingerprint density at radius 2 is 1.53 bits per heavy atom. The van der Waals surface area contributed by atoms with Crippen molar-refractivity contribution in [1.82, 2.24) is 0 Å². The number of hydrogen-bond acceptors (Lipinski definition) is 7. The lowest BCUT2D eigenvalue weighted by Crippen LogP contribution is -2.61. The van der Waals surface area contributed by atoms with Gasteiger partial charge in [0.25, 0.3) is 0 Å². The Bertz CT molecular complexity index is 257. The molecule has 0 aromatic rings. The number of aliphatic hydroxyl groups is 4. The lowest BCUT2D eigenvalue weighted by Gasteiger charge is -2.38. The lowest BCUT2D eigenvalue weighted by atomic mass is 9.98. The summed E-state index contributed by atoms with van der Waals surface area (Å²) in [7, 11) is -4.64. The summed E-state index contributed by atoms with van der Waals surface area (Å²) < 4.78 is 13.6. The predicted molar refractivity (Wildman–Crippen MR) is 52.2 cm³/mol. The highest BCUT2D eigenvalue weighted by molar-refractivity contribution is 7.45. The van der Waals surface area contributed by atoms with Crippen molar-refractivity contribution in [2.45, 2.75) is 30.6 Å². The number of nitrogens with two attached hydrogens (primary N) is 1. The summed E-state index contributed by atoms with van der Waals surface area (Å²) in [6.07, 6.45) is -4.85. The van der Waals surface area contributed by atoms with Gasteiger partial charge in [0.1, 0.15) is 18.3 Å². The van der Waals surface area contributed by atoms with Crippen molar-refractivity contribution in [1.29, 1.82) is 0 Å². The first-order valence-corrected chi connectivity index (χ1v) is 5.98. The zero-order valence-corrected chi connectivity index (χ0v) is 9.46. The number of phosphoric acid groups is 1. The van der Waals surface area contributed by atoms with Gasteiger partial charge in [0.2, 0.25) is 0 Å². The maximum Gasteiger partial charge on any atom is 0.466 e. The summed E-state index contributed by atoms with van der Waals surface area (Å²) in [5, 5.41) is 36.1. The van der Waals surface area contributed by atoms with E-state index in [0.717, 1.165) is 0 Å². The largest absolute Gasteiger partial charge is 0.466 e. The first-order valence-electron chi connectivity index (χ1n) is 4.42. The molecule has 1 fully saturated rings. The van der Waals surface area contributed by atoms with Crippen LogP contribution in [0.1, 0.15) is 0 Å². The lowest BCUT2D eigenvalue weighted by molar-refractivity contribution is -0.248. The standard InChI is InChI=1S/C6H13NO5.H3O4P/c7-3-5(10)4(9)2(1-8)12-6(3)11;1-5(2,3)4/h2-6,8-11H,1,7H2;(H3,1,2,3,4)/t2-,3-,4-,5-,6?;/m1./s1. The van der Waals surface area contributed by atoms with Crippen molar-refractivity contribution in [3.8, 4) is 0 Å². The fourth-order valence-corrected chi connectivity index (χ4v) is 1.12. The summed E-state index contributed by atoms with van der Waals surface area (Å²) in [6, 6.07) is -1.04. The smallest absolute Gasteiger partial charge is 0.394 e. The van der Waals surface area contributed by atoms with E-state index in [-0.39, 0.29) is 0 Å². The molecule has 10 nitrogen and oxygen atoms in total. The van der Waals surface area contributed by atoms with Gasteiger partial charge in [-0.15, -0.1) is 0 Å². The van der Waals surface area contributed by atoms with Crippen LogP contribution < -0.4 is 5.73 Å². The van der Waals surface area contributed by atoms with Crippen LogP contribution >= 0.6 is 7.82 Å². The van der Waals surface area contributed by atoms with Crippen molar-refractivity contribution in [2.75, 3.05) is 6.61 Å². The first-order chi connectivity index (χ1) is 7.57. The summed E-state index contributed by atoms with van der Waals surface area (Å²) in [4.78, 5) is 21.6. The van der Waals surface area contributed by atoms with Crippen LogP contribution in [0.15, 0.2) is 0 Å². The second-order valence-electron chi connectivity index (χ2n) is 3.32. The van der Waals surface area contributed by atoms with E-state index in [1.807, 2.05) is 0 Å². The topological polar surface area (TPSA) is 194 Å². The molecule has 1 unspecified atom stereocenters. The molecule has 1 rings (SSSR count). The normalized spacial score (nSPS) is 38.2. The van der Waals surface area contributed by atoms with Crippen LogP contribution in [0.2, 0.25) is 0 Å². The van der Waals surface area contributed by atoms with Gasteiger partial charge in [-0.2, -0.15) is 0 Å². The molecule has 0 aromatic heterocycles. The Morgan fingerprint density at radius 1 is 1.12 bits per heavy atom. The van der Waals surface area contributed by atoms with Gasteiger partial charge in [0.15, 0.2) is 6.29 Å². The van der Waals surface area contributed by atoms with Crippen molar-refractivity contribution in [3.63, 3.8) is 0 Å². The van der Waals surface area contributed by atoms with Gasteiger partial charge in [-0.1, -0.05) is 0 Å². The second kappa shape index (κ2) is 6.71. The molecule has 0 amide bonds. The van der Waals surface area contributed by atoms with Gasteiger partial charge >= 0.3 is 7.82 Å². The van der Waals surface area contributed by atoms with Crippen LogP contribution in [-0.4, -0.2) is 72.4 Å². The number of hydrogen-bond donors (Lipinski definition) is 8. The van der Waals surface area contributed by atoms with Crippen molar-refractivity contribution < 1.29 is 44.4 Å². The zero-order chi connectivity index (χ0) is 13.8. The SMILES string of the molecule is N[C@H]1C(O)O[C@H](CO)[C@@H](O)[C@@H]1O.O=P(O)(O)O. The van der Waals surface area contributed by atoms with E-state index in [9.17, 15) is 10.2 Å². The van der Waals surface area contributed by atoms with Crippen molar-refractivity contribution in [3.05, 3.63) is 0 Å². The van der Waals surface area contributed by atoms with Gasteiger partial charge in [-0.05, 0) is 0 Å². The Morgan fingerprint density at radius 3 is 1.88 bits per heavy atom. The van der Waals surface area contributed by atoms with E-state index >= 15 is 0 Å². The monoisotopic (exact) mass is 277 g/mol. The second-order valence-corrected chi connectivity index (χ2v) is 4.35. The Balaban J connectivity index is 0.000000437. The fourth-order valence-electron chi connectivity index (χ4n) is 1.12. The van der Waals surface area contributed by atoms with Crippen LogP contribution in [0, 0.1) is 0 Å². The average Bonchev–Trinajstić information content (AvgIpc) is 2.18. The zero-order valence-electron chi connectivity index (χ0n) is 8.57. The van der Waals surface area contributed by atoms with Gasteiger partial charge < -0.3 is 45.6 Å². The summed E-state index contributed by atoms with van der Waals surface area (Å²) in [5.74, 6) is 0. The van der Waals surface area contributed by atoms with Crippen LogP contribution in [0.4, 0.5) is 0 Å². The quantitative estimate of drug-likeness (QED) is 0.218. The molecule has 0 spiro atoms. The van der Waals surface area contributed by atoms with Gasteiger partial charge in [-0.25, -0.2) is 4.57 Å². The molecule has 17 heavy (non-hydrogen) atoms. The minimum Gasteiger partial charge on any atom is -0.394 e. The molecule has 5 atom stereocenters. The molecule has 9 N–H and O–H groups in total. The van der Waals surface area contributed by atoms with Crippen LogP contribution in [-0.2, 0) is 9.30 Å². The molecule has 11 heteroatoms. The average molecular weight is 277 g/mol. The molecule has 1 aliphatic heterocycles. The molecule has 104 valence electrons. The third kappa shape index (κ3) is 6.38. The maximum atomic E-state index is 9.20. The highest BCUT2D eigenvalue weighted by Gasteiger charge is 2.41. The van der Waals surface area contributed by atoms with E-state index in [0.29, 0.717) is 0 Å². The van der Waals surface area contributed by atoms with E-state index in [4.69, 9.17) is 39.9 Å². The van der Waals surface area contributed by atoms with Crippen LogP contribution in [0.5, 0.6) is 0 Å². The minimum absolute atomic E-state index is 0.470. The fraction of sp³-hybridized carbons (Fsp3) is 1.00. The molecule has 1 saturated heterocycles. The van der Waals surface area contributed by atoms with E-state index < -0.39 is 45.1 Å². The Hall–Kier alpha value is -0.130. The van der Waals surface area contributed by atoms with Crippen molar-refractivity contribution >= 4 is 7.82 Å². The molecule has 0 aromatic carbocycles. The summed E-state index contributed by atoms with van der Waals surface area (Å²) in [6.45, 7) is -0.470. The minimum atomic E-state index is -4.64. The van der Waals surface area contributed by atoms with Crippen LogP contribution in [0.25, 0.3) is 0 Å². The third-order valence-corrected chi connectivity index (χ3v) is 1.95. The van der Waals surface area contributed by atoms with Crippen molar-refractivity contribution in [2.24, 2.45) is 5.73 Å². The van der Waals surface area contributed by atoms with E-state index in [2.05, 4.69) is 0 Å². The van der Waals surface area contributed by atoms with Gasteiger partial charge in [0.05, 0.1) is 12.6 Å². The molecule has 0 aliphatic carbocycles. The van der Waals surface area contributed by atoms with E-state index in [1.54, 1.807) is 0 Å². The molecule has 1 heterocycles. The number of rotatable bonds is 1.